The number of amides is 1. The second-order valence-corrected chi connectivity index (χ2v) is 9.53. The van der Waals surface area contributed by atoms with Crippen LogP contribution in [0, 0.1) is 5.82 Å². The average Bonchev–Trinajstić information content (AvgIpc) is 2.74. The Balaban J connectivity index is 1.57. The molecule has 0 spiro atoms. The number of para-hydroxylation sites is 1. The maximum Gasteiger partial charge on any atom is 0.301 e. The molecule has 2 saturated heterocycles. The number of carbonyl (C=O) groups is 1. The number of nitrogens with two attached hydrogens (primary N) is 1. The van der Waals surface area contributed by atoms with Crippen molar-refractivity contribution >= 4 is 21.8 Å². The van der Waals surface area contributed by atoms with Crippen LogP contribution < -0.4 is 16.0 Å². The molecule has 32 heavy (non-hydrogen) atoms. The second kappa shape index (κ2) is 9.51. The Morgan fingerprint density at radius 3 is 2.53 bits per heavy atom. The van der Waals surface area contributed by atoms with Gasteiger partial charge in [0.25, 0.3) is 5.91 Å². The lowest BCUT2D eigenvalue weighted by atomic mass is 10.0. The summed E-state index contributed by atoms with van der Waals surface area (Å²) in [5.74, 6) is 3.94. The van der Waals surface area contributed by atoms with E-state index in [0.717, 1.165) is 6.07 Å². The van der Waals surface area contributed by atoms with Crippen LogP contribution in [0.5, 0.6) is 0 Å². The van der Waals surface area contributed by atoms with Crippen LogP contribution in [0.25, 0.3) is 0 Å². The second-order valence-electron chi connectivity index (χ2n) is 7.91. The van der Waals surface area contributed by atoms with Crippen molar-refractivity contribution in [3.63, 3.8) is 0 Å². The van der Waals surface area contributed by atoms with Crippen molar-refractivity contribution in [3.8, 4) is 0 Å². The number of piperazine rings is 1. The Morgan fingerprint density at radius 2 is 1.91 bits per heavy atom. The molecule has 172 valence electrons. The van der Waals surface area contributed by atoms with E-state index < -0.39 is 28.0 Å². The molecule has 0 bridgehead atoms. The predicted molar refractivity (Wildman–Crippen MR) is 117 cm³/mol. The van der Waals surface area contributed by atoms with Crippen molar-refractivity contribution in [1.82, 2.24) is 14.6 Å². The normalized spacial score (nSPS) is 20.5. The van der Waals surface area contributed by atoms with Gasteiger partial charge < -0.3 is 4.74 Å². The molecule has 2 aromatic rings. The Kier molecular flexibility index (Phi) is 6.72. The van der Waals surface area contributed by atoms with E-state index in [1.54, 1.807) is 30.3 Å². The third-order valence-electron chi connectivity index (χ3n) is 5.83. The van der Waals surface area contributed by atoms with Crippen molar-refractivity contribution < 1.29 is 22.3 Å². The summed E-state index contributed by atoms with van der Waals surface area (Å²) < 4.78 is 50.5. The molecule has 2 aliphatic rings. The fourth-order valence-corrected chi connectivity index (χ4v) is 5.42. The molecule has 4 rings (SSSR count). The number of nitrogens with one attached hydrogen (secondary N) is 2. The van der Waals surface area contributed by atoms with Crippen molar-refractivity contribution in [2.24, 2.45) is 5.84 Å². The third kappa shape index (κ3) is 4.92. The van der Waals surface area contributed by atoms with Crippen LogP contribution >= 0.6 is 0 Å². The molecular formula is C21H26FN5O4S. The summed E-state index contributed by atoms with van der Waals surface area (Å²) in [6, 6.07) is 12.5. The van der Waals surface area contributed by atoms with Gasteiger partial charge in [0.05, 0.1) is 19.3 Å². The number of ether oxygens (including phenoxy) is 1. The van der Waals surface area contributed by atoms with Gasteiger partial charge in [-0.05, 0) is 36.2 Å². The summed E-state index contributed by atoms with van der Waals surface area (Å²) in [6.07, 6.45) is 0.163. The van der Waals surface area contributed by atoms with Crippen molar-refractivity contribution in [3.05, 3.63) is 65.5 Å². The van der Waals surface area contributed by atoms with Crippen LogP contribution in [0.2, 0.25) is 0 Å². The molecule has 0 aromatic heterocycles. The quantitative estimate of drug-likeness (QED) is 0.316. The monoisotopic (exact) mass is 463 g/mol. The molecule has 2 heterocycles. The van der Waals surface area contributed by atoms with Crippen molar-refractivity contribution in [2.75, 3.05) is 37.6 Å². The van der Waals surface area contributed by atoms with E-state index in [1.807, 2.05) is 5.43 Å². The molecule has 2 fully saturated rings. The topological polar surface area (TPSA) is 117 Å². The number of benzene rings is 2. The first-order valence-corrected chi connectivity index (χ1v) is 11.8. The van der Waals surface area contributed by atoms with Crippen LogP contribution in [0.15, 0.2) is 48.5 Å². The molecule has 0 saturated carbocycles. The van der Waals surface area contributed by atoms with Gasteiger partial charge in [0.15, 0.2) is 0 Å². The molecular weight excluding hydrogens is 437 g/mol. The van der Waals surface area contributed by atoms with Gasteiger partial charge in [-0.1, -0.05) is 24.3 Å². The van der Waals surface area contributed by atoms with E-state index in [1.165, 1.54) is 16.4 Å². The van der Waals surface area contributed by atoms with Gasteiger partial charge in [0.1, 0.15) is 5.82 Å². The highest BCUT2D eigenvalue weighted by Crippen LogP contribution is 2.24. The maximum absolute atomic E-state index is 14.8. The molecule has 1 amide bonds. The van der Waals surface area contributed by atoms with Crippen LogP contribution in [0.3, 0.4) is 0 Å². The highest BCUT2D eigenvalue weighted by atomic mass is 32.2. The lowest BCUT2D eigenvalue weighted by Crippen LogP contribution is -2.62. The van der Waals surface area contributed by atoms with Gasteiger partial charge in [-0.3, -0.25) is 19.8 Å². The first-order chi connectivity index (χ1) is 15.4. The third-order valence-corrected chi connectivity index (χ3v) is 7.42. The number of nitrogens with zero attached hydrogens (tertiary/aromatic N) is 2. The molecule has 1 atom stereocenters. The Morgan fingerprint density at radius 1 is 1.16 bits per heavy atom. The Bertz CT molecular complexity index is 1070. The highest BCUT2D eigenvalue weighted by Gasteiger charge is 2.39. The number of hydrogen-bond acceptors (Lipinski definition) is 6. The summed E-state index contributed by atoms with van der Waals surface area (Å²) in [6.45, 7) is 2.52. The van der Waals surface area contributed by atoms with Gasteiger partial charge in [0.2, 0.25) is 0 Å². The van der Waals surface area contributed by atoms with E-state index >= 15 is 0 Å². The fourth-order valence-electron chi connectivity index (χ4n) is 4.02. The summed E-state index contributed by atoms with van der Waals surface area (Å²) >= 11 is 0. The molecule has 1 unspecified atom stereocenters. The lowest BCUT2D eigenvalue weighted by Gasteiger charge is -2.46. The summed E-state index contributed by atoms with van der Waals surface area (Å²) in [4.78, 5) is 13.9. The predicted octanol–water partition coefficient (Wildman–Crippen LogP) is 0.714. The van der Waals surface area contributed by atoms with E-state index in [-0.39, 0.29) is 24.6 Å². The Labute approximate surface area is 186 Å². The van der Waals surface area contributed by atoms with Crippen LogP contribution in [0.1, 0.15) is 15.9 Å². The number of hydrazine groups is 1. The molecule has 2 aromatic carbocycles. The zero-order chi connectivity index (χ0) is 22.7. The average molecular weight is 464 g/mol. The van der Waals surface area contributed by atoms with E-state index in [2.05, 4.69) is 9.62 Å². The van der Waals surface area contributed by atoms with Gasteiger partial charge in [-0.2, -0.15) is 12.7 Å². The van der Waals surface area contributed by atoms with Crippen molar-refractivity contribution in [2.45, 2.75) is 18.5 Å². The largest absolute Gasteiger partial charge is 0.378 e. The summed E-state index contributed by atoms with van der Waals surface area (Å²) in [5.41, 5.74) is 2.86. The zero-order valence-electron chi connectivity index (χ0n) is 17.4. The molecule has 0 radical (unpaired) electrons. The van der Waals surface area contributed by atoms with E-state index in [9.17, 15) is 17.6 Å². The molecule has 4 N–H and O–H groups in total. The number of hydrogen-bond donors (Lipinski definition) is 3. The standard InChI is InChI=1S/C21H26FN5O4S/c22-20-11-16(21(28)24-23)7-6-15(20)10-18-12-26(19-13-31-14-19)8-9-27(18)32(29,30)25-17-4-2-1-3-5-17/h1-7,11,18-19,25H,8-10,12-14,23H2,(H,24,28). The first kappa shape index (κ1) is 22.6. The summed E-state index contributed by atoms with van der Waals surface area (Å²) in [5, 5.41) is 0. The number of halogens is 1. The Hall–Kier alpha value is -2.57. The zero-order valence-corrected chi connectivity index (χ0v) is 18.2. The van der Waals surface area contributed by atoms with Crippen LogP contribution in [-0.2, 0) is 21.4 Å². The van der Waals surface area contributed by atoms with Gasteiger partial charge in [0, 0.05) is 36.9 Å². The number of carbonyl (C=O) groups excluding carboxylic acids is 1. The fraction of sp³-hybridized carbons (Fsp3) is 0.381. The minimum atomic E-state index is -3.86. The minimum absolute atomic E-state index is 0.0980. The van der Waals surface area contributed by atoms with Gasteiger partial charge in [-0.25, -0.2) is 10.2 Å². The first-order valence-electron chi connectivity index (χ1n) is 10.3. The SMILES string of the molecule is NNC(=O)c1ccc(CC2CN(C3COC3)CCN2S(=O)(=O)Nc2ccccc2)c(F)c1. The summed E-state index contributed by atoms with van der Waals surface area (Å²) in [7, 11) is -3.86. The molecule has 11 heteroatoms. The van der Waals surface area contributed by atoms with Crippen LogP contribution in [0.4, 0.5) is 10.1 Å². The number of rotatable bonds is 7. The van der Waals surface area contributed by atoms with Crippen molar-refractivity contribution in [1.29, 1.82) is 0 Å². The molecule has 2 aliphatic heterocycles. The van der Waals surface area contributed by atoms with Gasteiger partial charge in [-0.15, -0.1) is 0 Å². The number of nitrogen functional groups attached to an aromatic ring is 1. The maximum atomic E-state index is 14.8. The lowest BCUT2D eigenvalue weighted by molar-refractivity contribution is -0.0787. The molecule has 9 nitrogen and oxygen atoms in total. The van der Waals surface area contributed by atoms with E-state index in [0.29, 0.717) is 37.6 Å². The smallest absolute Gasteiger partial charge is 0.301 e. The number of anilines is 1. The van der Waals surface area contributed by atoms with Gasteiger partial charge >= 0.3 is 10.2 Å². The highest BCUT2D eigenvalue weighted by molar-refractivity contribution is 7.90. The minimum Gasteiger partial charge on any atom is -0.378 e. The van der Waals surface area contributed by atoms with E-state index in [4.69, 9.17) is 10.6 Å². The van der Waals surface area contributed by atoms with Crippen LogP contribution in [-0.4, -0.2) is 68.5 Å². The molecule has 0 aliphatic carbocycles.